The minimum absolute atomic E-state index is 0.733. The number of piperazine rings is 1. The number of rotatable bonds is 5. The highest BCUT2D eigenvalue weighted by molar-refractivity contribution is 4.91. The topological polar surface area (TPSA) is 9.72 Å². The molecule has 0 amide bonds. The van der Waals surface area contributed by atoms with Crippen molar-refractivity contribution in [1.82, 2.24) is 14.7 Å². The van der Waals surface area contributed by atoms with Crippen LogP contribution in [-0.2, 0) is 0 Å². The van der Waals surface area contributed by atoms with E-state index in [4.69, 9.17) is 0 Å². The van der Waals surface area contributed by atoms with Crippen molar-refractivity contribution in [1.29, 1.82) is 0 Å². The Balaban J connectivity index is 1.33. The van der Waals surface area contributed by atoms with Crippen molar-refractivity contribution in [3.05, 3.63) is 0 Å². The molecule has 0 N–H and O–H groups in total. The molecular formula is C20H39N3. The van der Waals surface area contributed by atoms with E-state index < -0.39 is 0 Å². The Kier molecular flexibility index (Phi) is 6.03. The number of nitrogens with zero attached hydrogens (tertiary/aromatic N) is 3. The van der Waals surface area contributed by atoms with Gasteiger partial charge in [-0.2, -0.15) is 0 Å². The summed E-state index contributed by atoms with van der Waals surface area (Å²) in [5, 5.41) is 0. The lowest BCUT2D eigenvalue weighted by Gasteiger charge is -2.48. The molecule has 1 saturated carbocycles. The molecule has 0 aromatic heterocycles. The molecule has 0 atom stereocenters. The van der Waals surface area contributed by atoms with Gasteiger partial charge in [0.05, 0.1) is 0 Å². The average Bonchev–Trinajstić information content (AvgIpc) is 2.47. The summed E-state index contributed by atoms with van der Waals surface area (Å²) >= 11 is 0. The highest BCUT2D eigenvalue weighted by Gasteiger charge is 2.36. The van der Waals surface area contributed by atoms with E-state index in [1.807, 2.05) is 0 Å². The van der Waals surface area contributed by atoms with Gasteiger partial charge in [0.25, 0.3) is 0 Å². The summed E-state index contributed by atoms with van der Waals surface area (Å²) in [4.78, 5) is 8.19. The first-order valence-electron chi connectivity index (χ1n) is 10.2. The number of hydrogen-bond donors (Lipinski definition) is 0. The smallest absolute Gasteiger partial charge is 0.0113 e. The van der Waals surface area contributed by atoms with Crippen LogP contribution >= 0.6 is 0 Å². The maximum Gasteiger partial charge on any atom is 0.0113 e. The molecule has 3 fully saturated rings. The summed E-state index contributed by atoms with van der Waals surface area (Å²) in [7, 11) is 0. The largest absolute Gasteiger partial charge is 0.301 e. The summed E-state index contributed by atoms with van der Waals surface area (Å²) < 4.78 is 0. The molecule has 2 heterocycles. The van der Waals surface area contributed by atoms with Crippen molar-refractivity contribution in [2.24, 2.45) is 17.8 Å². The Morgan fingerprint density at radius 3 is 1.96 bits per heavy atom. The van der Waals surface area contributed by atoms with Crippen LogP contribution in [0.5, 0.6) is 0 Å². The van der Waals surface area contributed by atoms with Gasteiger partial charge in [-0.1, -0.05) is 13.8 Å². The van der Waals surface area contributed by atoms with Crippen LogP contribution in [0.15, 0.2) is 0 Å². The van der Waals surface area contributed by atoms with Gasteiger partial charge in [-0.15, -0.1) is 0 Å². The average molecular weight is 322 g/mol. The molecule has 0 spiro atoms. The molecule has 134 valence electrons. The summed E-state index contributed by atoms with van der Waals surface area (Å²) in [5.74, 6) is 2.85. The molecule has 3 nitrogen and oxygen atoms in total. The SMILES string of the molecule is CC(C)C1CC(N2CCN(CC3CCN(C(C)C)CC3)CC2)C1. The van der Waals surface area contributed by atoms with Crippen molar-refractivity contribution in [2.75, 3.05) is 45.8 Å². The van der Waals surface area contributed by atoms with Crippen molar-refractivity contribution in [3.8, 4) is 0 Å². The quantitative estimate of drug-likeness (QED) is 0.770. The van der Waals surface area contributed by atoms with E-state index in [-0.39, 0.29) is 0 Å². The lowest BCUT2D eigenvalue weighted by Crippen LogP contribution is -2.55. The van der Waals surface area contributed by atoms with Crippen LogP contribution in [-0.4, -0.2) is 72.6 Å². The Labute approximate surface area is 144 Å². The van der Waals surface area contributed by atoms with Crippen LogP contribution in [0.1, 0.15) is 53.4 Å². The zero-order valence-electron chi connectivity index (χ0n) is 16.0. The van der Waals surface area contributed by atoms with E-state index in [1.165, 1.54) is 71.5 Å². The van der Waals surface area contributed by atoms with Crippen molar-refractivity contribution < 1.29 is 0 Å². The van der Waals surface area contributed by atoms with E-state index in [1.54, 1.807) is 0 Å². The zero-order chi connectivity index (χ0) is 16.4. The van der Waals surface area contributed by atoms with Gasteiger partial charge in [-0.3, -0.25) is 4.90 Å². The van der Waals surface area contributed by atoms with E-state index in [0.717, 1.165) is 29.8 Å². The van der Waals surface area contributed by atoms with Gasteiger partial charge >= 0.3 is 0 Å². The monoisotopic (exact) mass is 321 g/mol. The van der Waals surface area contributed by atoms with E-state index >= 15 is 0 Å². The van der Waals surface area contributed by atoms with Crippen LogP contribution < -0.4 is 0 Å². The van der Waals surface area contributed by atoms with Crippen LogP contribution in [0.2, 0.25) is 0 Å². The van der Waals surface area contributed by atoms with Crippen LogP contribution in [0, 0.1) is 17.8 Å². The van der Waals surface area contributed by atoms with Crippen molar-refractivity contribution >= 4 is 0 Å². The summed E-state index contributed by atoms with van der Waals surface area (Å²) in [6, 6.07) is 1.65. The molecule has 23 heavy (non-hydrogen) atoms. The first-order chi connectivity index (χ1) is 11.0. The summed E-state index contributed by atoms with van der Waals surface area (Å²) in [5.41, 5.74) is 0. The van der Waals surface area contributed by atoms with Crippen LogP contribution in [0.3, 0.4) is 0 Å². The van der Waals surface area contributed by atoms with Gasteiger partial charge in [0.1, 0.15) is 0 Å². The second-order valence-electron chi connectivity index (χ2n) is 9.04. The Hall–Kier alpha value is -0.120. The first kappa shape index (κ1) is 17.7. The molecular weight excluding hydrogens is 282 g/mol. The van der Waals surface area contributed by atoms with Crippen LogP contribution in [0.25, 0.3) is 0 Å². The summed E-state index contributed by atoms with van der Waals surface area (Å²) in [6.07, 6.45) is 5.75. The van der Waals surface area contributed by atoms with E-state index in [2.05, 4.69) is 42.4 Å². The maximum absolute atomic E-state index is 2.79. The van der Waals surface area contributed by atoms with Crippen molar-refractivity contribution in [3.63, 3.8) is 0 Å². The molecule has 0 aromatic carbocycles. The van der Waals surface area contributed by atoms with Gasteiger partial charge in [0, 0.05) is 44.8 Å². The number of hydrogen-bond acceptors (Lipinski definition) is 3. The Morgan fingerprint density at radius 1 is 0.826 bits per heavy atom. The van der Waals surface area contributed by atoms with Gasteiger partial charge in [0.15, 0.2) is 0 Å². The third kappa shape index (κ3) is 4.49. The minimum atomic E-state index is 0.733. The van der Waals surface area contributed by atoms with Crippen LogP contribution in [0.4, 0.5) is 0 Å². The maximum atomic E-state index is 2.79. The normalized spacial score (nSPS) is 32.6. The molecule has 0 radical (unpaired) electrons. The summed E-state index contributed by atoms with van der Waals surface area (Å²) in [6.45, 7) is 18.7. The predicted octanol–water partition coefficient (Wildman–Crippen LogP) is 3.16. The molecule has 2 aliphatic heterocycles. The third-order valence-electron chi connectivity index (χ3n) is 6.91. The second kappa shape index (κ2) is 7.84. The third-order valence-corrected chi connectivity index (χ3v) is 6.91. The molecule has 3 heteroatoms. The van der Waals surface area contributed by atoms with Gasteiger partial charge in [-0.25, -0.2) is 0 Å². The Morgan fingerprint density at radius 2 is 1.43 bits per heavy atom. The first-order valence-corrected chi connectivity index (χ1v) is 10.2. The van der Waals surface area contributed by atoms with Gasteiger partial charge in [0.2, 0.25) is 0 Å². The molecule has 1 aliphatic carbocycles. The number of piperidine rings is 1. The van der Waals surface area contributed by atoms with E-state index in [0.29, 0.717) is 0 Å². The fourth-order valence-electron chi connectivity index (χ4n) is 4.80. The standard InChI is InChI=1S/C20H39N3/c1-16(2)19-13-20(14-19)23-11-9-21(10-12-23)15-18-5-7-22(8-6-18)17(3)4/h16-20H,5-15H2,1-4H3. The lowest BCUT2D eigenvalue weighted by atomic mass is 9.73. The molecule has 2 saturated heterocycles. The predicted molar refractivity (Wildman–Crippen MR) is 98.8 cm³/mol. The molecule has 0 bridgehead atoms. The fourth-order valence-corrected chi connectivity index (χ4v) is 4.80. The Bertz CT molecular complexity index is 346. The molecule has 0 unspecified atom stereocenters. The zero-order valence-corrected chi connectivity index (χ0v) is 16.0. The minimum Gasteiger partial charge on any atom is -0.301 e. The number of likely N-dealkylation sites (tertiary alicyclic amines) is 1. The molecule has 3 rings (SSSR count). The highest BCUT2D eigenvalue weighted by atomic mass is 15.3. The van der Waals surface area contributed by atoms with Gasteiger partial charge < -0.3 is 9.80 Å². The van der Waals surface area contributed by atoms with E-state index in [9.17, 15) is 0 Å². The van der Waals surface area contributed by atoms with Crippen molar-refractivity contribution in [2.45, 2.75) is 65.5 Å². The second-order valence-corrected chi connectivity index (χ2v) is 9.04. The lowest BCUT2D eigenvalue weighted by molar-refractivity contribution is 0.0125. The highest BCUT2D eigenvalue weighted by Crippen LogP contribution is 2.37. The molecule has 0 aromatic rings. The molecule has 3 aliphatic rings. The van der Waals surface area contributed by atoms with Gasteiger partial charge in [-0.05, 0) is 70.4 Å². The fraction of sp³-hybridized carbons (Fsp3) is 1.00.